The number of halogens is 1. The first-order valence-electron chi connectivity index (χ1n) is 4.82. The van der Waals surface area contributed by atoms with Crippen molar-refractivity contribution in [3.05, 3.63) is 34.3 Å². The van der Waals surface area contributed by atoms with Crippen LogP contribution in [0.5, 0.6) is 0 Å². The van der Waals surface area contributed by atoms with Crippen molar-refractivity contribution in [3.8, 4) is 0 Å². The normalized spacial score (nSPS) is 14.4. The molecule has 0 heterocycles. The van der Waals surface area contributed by atoms with E-state index in [1.54, 1.807) is 6.92 Å². The molecule has 0 unspecified atom stereocenters. The molecular weight excluding hydrogens is 256 g/mol. The fourth-order valence-electron chi connectivity index (χ4n) is 1.20. The van der Waals surface area contributed by atoms with Crippen molar-refractivity contribution in [3.63, 3.8) is 0 Å². The molecule has 1 aromatic rings. The standard InChI is InChI=1S/C11H15BrN2O/c1-7(13)11(15)14-8(2)9-4-3-5-10(12)6-9/h3-8H,13H2,1-2H3,(H,14,15)/t7-,8-/m0/s1. The predicted molar refractivity (Wildman–Crippen MR) is 64.3 cm³/mol. The second-order valence-electron chi connectivity index (χ2n) is 3.57. The van der Waals surface area contributed by atoms with Crippen LogP contribution in [0.3, 0.4) is 0 Å². The summed E-state index contributed by atoms with van der Waals surface area (Å²) in [6.45, 7) is 3.60. The maximum Gasteiger partial charge on any atom is 0.237 e. The molecule has 0 aromatic heterocycles. The van der Waals surface area contributed by atoms with Crippen LogP contribution < -0.4 is 11.1 Å². The Morgan fingerprint density at radius 2 is 2.13 bits per heavy atom. The lowest BCUT2D eigenvalue weighted by Crippen LogP contribution is -2.39. The lowest BCUT2D eigenvalue weighted by atomic mass is 10.1. The van der Waals surface area contributed by atoms with Gasteiger partial charge >= 0.3 is 0 Å². The second kappa shape index (κ2) is 5.28. The molecule has 0 bridgehead atoms. The Morgan fingerprint density at radius 3 is 2.67 bits per heavy atom. The van der Waals surface area contributed by atoms with Crippen LogP contribution in [-0.2, 0) is 4.79 Å². The van der Waals surface area contributed by atoms with Crippen molar-refractivity contribution in [1.29, 1.82) is 0 Å². The van der Waals surface area contributed by atoms with Crippen LogP contribution in [0.15, 0.2) is 28.7 Å². The van der Waals surface area contributed by atoms with E-state index in [0.29, 0.717) is 0 Å². The first kappa shape index (κ1) is 12.2. The van der Waals surface area contributed by atoms with Gasteiger partial charge in [-0.2, -0.15) is 0 Å². The molecule has 0 aliphatic carbocycles. The molecular formula is C11H15BrN2O. The van der Waals surface area contributed by atoms with E-state index in [1.165, 1.54) is 0 Å². The second-order valence-corrected chi connectivity index (χ2v) is 4.49. The molecule has 15 heavy (non-hydrogen) atoms. The number of nitrogens with two attached hydrogens (primary N) is 1. The zero-order valence-corrected chi connectivity index (χ0v) is 10.4. The number of carbonyl (C=O) groups excluding carboxylic acids is 1. The third-order valence-electron chi connectivity index (χ3n) is 2.12. The molecule has 0 saturated carbocycles. The van der Waals surface area contributed by atoms with Crippen LogP contribution in [0.2, 0.25) is 0 Å². The maximum atomic E-state index is 11.4. The number of hydrogen-bond donors (Lipinski definition) is 2. The van der Waals surface area contributed by atoms with Crippen LogP contribution >= 0.6 is 15.9 Å². The van der Waals surface area contributed by atoms with E-state index in [9.17, 15) is 4.79 Å². The minimum atomic E-state index is -0.473. The lowest BCUT2D eigenvalue weighted by Gasteiger charge is -2.16. The topological polar surface area (TPSA) is 55.1 Å². The van der Waals surface area contributed by atoms with Gasteiger partial charge in [0, 0.05) is 4.47 Å². The molecule has 0 aliphatic heterocycles. The zero-order valence-electron chi connectivity index (χ0n) is 8.83. The number of rotatable bonds is 3. The van der Waals surface area contributed by atoms with Gasteiger partial charge in [0.15, 0.2) is 0 Å². The van der Waals surface area contributed by atoms with E-state index in [-0.39, 0.29) is 11.9 Å². The quantitative estimate of drug-likeness (QED) is 0.883. The van der Waals surface area contributed by atoms with Gasteiger partial charge in [-0.25, -0.2) is 0 Å². The summed E-state index contributed by atoms with van der Waals surface area (Å²) in [6.07, 6.45) is 0. The van der Waals surface area contributed by atoms with Crippen molar-refractivity contribution in [1.82, 2.24) is 5.32 Å². The van der Waals surface area contributed by atoms with Gasteiger partial charge in [0.1, 0.15) is 0 Å². The third-order valence-corrected chi connectivity index (χ3v) is 2.61. The minimum Gasteiger partial charge on any atom is -0.348 e. The first-order valence-corrected chi connectivity index (χ1v) is 5.61. The molecule has 4 heteroatoms. The van der Waals surface area contributed by atoms with E-state index in [0.717, 1.165) is 10.0 Å². The van der Waals surface area contributed by atoms with Crippen molar-refractivity contribution in [2.45, 2.75) is 25.9 Å². The Bertz CT molecular complexity index is 352. The van der Waals surface area contributed by atoms with Crippen LogP contribution in [0.4, 0.5) is 0 Å². The molecule has 1 amide bonds. The van der Waals surface area contributed by atoms with Crippen LogP contribution in [0.25, 0.3) is 0 Å². The Hall–Kier alpha value is -0.870. The van der Waals surface area contributed by atoms with Gasteiger partial charge in [-0.3, -0.25) is 4.79 Å². The van der Waals surface area contributed by atoms with Crippen molar-refractivity contribution >= 4 is 21.8 Å². The number of carbonyl (C=O) groups is 1. The molecule has 1 aromatic carbocycles. The lowest BCUT2D eigenvalue weighted by molar-refractivity contribution is -0.122. The first-order chi connectivity index (χ1) is 7.00. The Labute approximate surface area is 98.2 Å². The highest BCUT2D eigenvalue weighted by molar-refractivity contribution is 9.10. The molecule has 0 aliphatic rings. The molecule has 0 fully saturated rings. The summed E-state index contributed by atoms with van der Waals surface area (Å²) in [6, 6.07) is 7.33. The van der Waals surface area contributed by atoms with E-state index >= 15 is 0 Å². The molecule has 0 spiro atoms. The Morgan fingerprint density at radius 1 is 1.47 bits per heavy atom. The largest absolute Gasteiger partial charge is 0.348 e. The third kappa shape index (κ3) is 3.64. The van der Waals surface area contributed by atoms with Crippen molar-refractivity contribution < 1.29 is 4.79 Å². The highest BCUT2D eigenvalue weighted by Gasteiger charge is 2.12. The van der Waals surface area contributed by atoms with Crippen molar-refractivity contribution in [2.75, 3.05) is 0 Å². The predicted octanol–water partition coefficient (Wildman–Crippen LogP) is 1.97. The van der Waals surface area contributed by atoms with Gasteiger partial charge in [0.25, 0.3) is 0 Å². The number of nitrogens with one attached hydrogen (secondary N) is 1. The Kier molecular flexibility index (Phi) is 4.29. The summed E-state index contributed by atoms with van der Waals surface area (Å²) >= 11 is 3.39. The number of hydrogen-bond acceptors (Lipinski definition) is 2. The van der Waals surface area contributed by atoms with Gasteiger partial charge in [0.05, 0.1) is 12.1 Å². The average molecular weight is 271 g/mol. The summed E-state index contributed by atoms with van der Waals surface area (Å²) in [7, 11) is 0. The summed E-state index contributed by atoms with van der Waals surface area (Å²) < 4.78 is 1.00. The van der Waals surface area contributed by atoms with Gasteiger partial charge in [-0.1, -0.05) is 28.1 Å². The molecule has 82 valence electrons. The van der Waals surface area contributed by atoms with E-state index in [2.05, 4.69) is 21.2 Å². The molecule has 0 radical (unpaired) electrons. The highest BCUT2D eigenvalue weighted by atomic mass is 79.9. The molecule has 1 rings (SSSR count). The minimum absolute atomic E-state index is 0.0269. The SMILES string of the molecule is C[C@H](N)C(=O)N[C@@H](C)c1cccc(Br)c1. The number of amides is 1. The number of benzene rings is 1. The summed E-state index contributed by atoms with van der Waals surface area (Å²) in [4.78, 5) is 11.4. The molecule has 0 saturated heterocycles. The maximum absolute atomic E-state index is 11.4. The smallest absolute Gasteiger partial charge is 0.237 e. The molecule has 2 atom stereocenters. The van der Waals surface area contributed by atoms with Crippen molar-refractivity contribution in [2.24, 2.45) is 5.73 Å². The summed E-state index contributed by atoms with van der Waals surface area (Å²) in [5.74, 6) is -0.137. The highest BCUT2D eigenvalue weighted by Crippen LogP contribution is 2.17. The van der Waals surface area contributed by atoms with Gasteiger partial charge in [-0.15, -0.1) is 0 Å². The monoisotopic (exact) mass is 270 g/mol. The summed E-state index contributed by atoms with van der Waals surface area (Å²) in [5, 5.41) is 2.84. The van der Waals surface area contributed by atoms with Crippen LogP contribution in [0.1, 0.15) is 25.5 Å². The molecule has 3 nitrogen and oxygen atoms in total. The van der Waals surface area contributed by atoms with Gasteiger partial charge in [-0.05, 0) is 31.5 Å². The molecule has 3 N–H and O–H groups in total. The van der Waals surface area contributed by atoms with Gasteiger partial charge < -0.3 is 11.1 Å². The fourth-order valence-corrected chi connectivity index (χ4v) is 1.62. The van der Waals surface area contributed by atoms with Crippen LogP contribution in [0, 0.1) is 0 Å². The Balaban J connectivity index is 2.69. The van der Waals surface area contributed by atoms with E-state index < -0.39 is 6.04 Å². The zero-order chi connectivity index (χ0) is 11.4. The van der Waals surface area contributed by atoms with E-state index in [4.69, 9.17) is 5.73 Å². The summed E-state index contributed by atoms with van der Waals surface area (Å²) in [5.41, 5.74) is 6.52. The van der Waals surface area contributed by atoms with Gasteiger partial charge in [0.2, 0.25) is 5.91 Å². The average Bonchev–Trinajstić information content (AvgIpc) is 2.17. The fraction of sp³-hybridized carbons (Fsp3) is 0.364. The van der Waals surface area contributed by atoms with Crippen LogP contribution in [-0.4, -0.2) is 11.9 Å². The van der Waals surface area contributed by atoms with E-state index in [1.807, 2.05) is 31.2 Å².